The molecule has 0 spiro atoms. The molecule has 0 radical (unpaired) electrons. The Hall–Kier alpha value is -3.57. The smallest absolute Gasteiger partial charge is 0.239 e. The molecule has 0 bridgehead atoms. The molecule has 39 heavy (non-hydrogen) atoms. The minimum absolute atomic E-state index is 0.0885. The lowest BCUT2D eigenvalue weighted by atomic mass is 10.1. The van der Waals surface area contributed by atoms with Gasteiger partial charge in [-0.25, -0.2) is 9.97 Å². The maximum absolute atomic E-state index is 13.0. The predicted molar refractivity (Wildman–Crippen MR) is 148 cm³/mol. The van der Waals surface area contributed by atoms with Crippen LogP contribution < -0.4 is 4.90 Å². The molecular weight excluding hydrogens is 494 g/mol. The van der Waals surface area contributed by atoms with Crippen LogP contribution >= 0.6 is 0 Å². The Balaban J connectivity index is 1.25. The van der Waals surface area contributed by atoms with E-state index >= 15 is 0 Å². The number of fused-ring (bicyclic) bond motifs is 2. The molecule has 11 nitrogen and oxygen atoms in total. The number of para-hydroxylation sites is 2. The third-order valence-corrected chi connectivity index (χ3v) is 8.42. The quantitative estimate of drug-likeness (QED) is 0.389. The monoisotopic (exact) mass is 529 g/mol. The molecule has 1 aromatic carbocycles. The fraction of sp³-hybridized carbons (Fsp3) is 0.536. The van der Waals surface area contributed by atoms with Gasteiger partial charge in [0.1, 0.15) is 11.6 Å². The summed E-state index contributed by atoms with van der Waals surface area (Å²) in [6, 6.07) is 8.08. The number of aryl methyl sites for hydroxylation is 2. The van der Waals surface area contributed by atoms with E-state index in [1.807, 2.05) is 36.7 Å². The van der Waals surface area contributed by atoms with Crippen LogP contribution in [0.25, 0.3) is 28.1 Å². The van der Waals surface area contributed by atoms with Crippen molar-refractivity contribution in [2.45, 2.75) is 32.7 Å². The van der Waals surface area contributed by atoms with E-state index in [4.69, 9.17) is 24.7 Å². The third-order valence-electron chi connectivity index (χ3n) is 8.42. The number of morpholine rings is 1. The number of imidazole rings is 2. The second-order valence-corrected chi connectivity index (χ2v) is 10.9. The largest absolute Gasteiger partial charge is 0.378 e. The Morgan fingerprint density at radius 3 is 2.62 bits per heavy atom. The molecule has 1 atom stereocenters. The first-order chi connectivity index (χ1) is 19.1. The van der Waals surface area contributed by atoms with Gasteiger partial charge in [0.2, 0.25) is 11.9 Å². The molecule has 0 unspecified atom stereocenters. The summed E-state index contributed by atoms with van der Waals surface area (Å²) in [4.78, 5) is 39.6. The number of benzene rings is 1. The number of aromatic nitrogens is 6. The molecule has 0 saturated carbocycles. The zero-order valence-electron chi connectivity index (χ0n) is 22.7. The molecule has 3 saturated heterocycles. The minimum Gasteiger partial charge on any atom is -0.378 e. The second-order valence-electron chi connectivity index (χ2n) is 10.9. The first kappa shape index (κ1) is 24.5. The highest BCUT2D eigenvalue weighted by atomic mass is 16.5. The van der Waals surface area contributed by atoms with Gasteiger partial charge >= 0.3 is 0 Å². The van der Waals surface area contributed by atoms with E-state index in [0.29, 0.717) is 31.6 Å². The molecule has 3 fully saturated rings. The van der Waals surface area contributed by atoms with E-state index in [-0.39, 0.29) is 5.92 Å². The van der Waals surface area contributed by atoms with Crippen molar-refractivity contribution in [3.05, 3.63) is 35.9 Å². The van der Waals surface area contributed by atoms with Gasteiger partial charge in [-0.3, -0.25) is 14.3 Å². The molecule has 3 aromatic heterocycles. The number of likely N-dealkylation sites (tertiary alicyclic amines) is 2. The van der Waals surface area contributed by atoms with Gasteiger partial charge in [0.15, 0.2) is 17.0 Å². The molecule has 3 aliphatic rings. The number of carbonyl (C=O) groups excluding carboxylic acids is 1. The molecule has 11 heteroatoms. The molecule has 1 amide bonds. The summed E-state index contributed by atoms with van der Waals surface area (Å²) in [5.41, 5.74) is 3.52. The number of anilines is 1. The highest BCUT2D eigenvalue weighted by molar-refractivity contribution is 5.86. The van der Waals surface area contributed by atoms with Gasteiger partial charge in [0.05, 0.1) is 36.7 Å². The Bertz CT molecular complexity index is 1530. The number of hydrogen-bond donors (Lipinski definition) is 0. The van der Waals surface area contributed by atoms with E-state index in [1.165, 1.54) is 0 Å². The van der Waals surface area contributed by atoms with Crippen molar-refractivity contribution in [2.24, 2.45) is 13.0 Å². The van der Waals surface area contributed by atoms with Crippen LogP contribution in [0, 0.1) is 12.8 Å². The minimum atomic E-state index is 0.0885. The fourth-order valence-corrected chi connectivity index (χ4v) is 6.29. The van der Waals surface area contributed by atoms with Crippen LogP contribution in [-0.2, 0) is 23.1 Å². The highest BCUT2D eigenvalue weighted by Crippen LogP contribution is 2.29. The van der Waals surface area contributed by atoms with Gasteiger partial charge in [-0.15, -0.1) is 0 Å². The molecular formula is C28H35N9O2. The normalized spacial score (nSPS) is 20.6. The number of rotatable bonds is 5. The lowest BCUT2D eigenvalue weighted by Crippen LogP contribution is -2.37. The van der Waals surface area contributed by atoms with E-state index in [1.54, 1.807) is 0 Å². The van der Waals surface area contributed by atoms with Crippen molar-refractivity contribution < 1.29 is 9.53 Å². The summed E-state index contributed by atoms with van der Waals surface area (Å²) < 4.78 is 9.75. The van der Waals surface area contributed by atoms with Crippen LogP contribution in [-0.4, -0.2) is 97.3 Å². The highest BCUT2D eigenvalue weighted by Gasteiger charge is 2.33. The molecule has 4 aromatic rings. The maximum Gasteiger partial charge on any atom is 0.239 e. The van der Waals surface area contributed by atoms with Gasteiger partial charge in [-0.2, -0.15) is 9.97 Å². The molecule has 6 heterocycles. The molecule has 0 aliphatic carbocycles. The van der Waals surface area contributed by atoms with E-state index in [9.17, 15) is 4.79 Å². The maximum atomic E-state index is 13.0. The van der Waals surface area contributed by atoms with Crippen LogP contribution in [0.3, 0.4) is 0 Å². The van der Waals surface area contributed by atoms with Crippen molar-refractivity contribution in [1.29, 1.82) is 0 Å². The lowest BCUT2D eigenvalue weighted by molar-refractivity contribution is -0.134. The molecule has 204 valence electrons. The van der Waals surface area contributed by atoms with Gasteiger partial charge in [-0.05, 0) is 44.9 Å². The molecule has 7 rings (SSSR count). The Morgan fingerprint density at radius 2 is 1.79 bits per heavy atom. The van der Waals surface area contributed by atoms with Crippen LogP contribution in [0.1, 0.15) is 30.9 Å². The number of hydrogen-bond acceptors (Lipinski definition) is 8. The lowest BCUT2D eigenvalue weighted by Gasteiger charge is -2.28. The van der Waals surface area contributed by atoms with Crippen molar-refractivity contribution >= 4 is 33.9 Å². The second kappa shape index (κ2) is 9.87. The summed E-state index contributed by atoms with van der Waals surface area (Å²) in [5.74, 6) is 3.63. The van der Waals surface area contributed by atoms with Gasteiger partial charge in [0, 0.05) is 39.8 Å². The van der Waals surface area contributed by atoms with E-state index in [2.05, 4.69) is 25.3 Å². The first-order valence-corrected chi connectivity index (χ1v) is 14.1. The average Bonchev–Trinajstić information content (AvgIpc) is 3.76. The van der Waals surface area contributed by atoms with Crippen LogP contribution in [0.15, 0.2) is 24.3 Å². The SMILES string of the molecule is Cc1nc2ccccc2n1-c1nc(N2CCOCC2)c2nc(CN3CC[C@@H](C(=O)N4CCCC4)C3)n(C)c2n1. The number of nitrogens with zero attached hydrogens (tertiary/aromatic N) is 9. The zero-order chi connectivity index (χ0) is 26.5. The Labute approximate surface area is 227 Å². The van der Waals surface area contributed by atoms with E-state index in [0.717, 1.165) is 98.2 Å². The third kappa shape index (κ3) is 4.33. The fourth-order valence-electron chi connectivity index (χ4n) is 6.29. The summed E-state index contributed by atoms with van der Waals surface area (Å²) in [6.45, 7) is 9.02. The summed E-state index contributed by atoms with van der Waals surface area (Å²) in [6.07, 6.45) is 3.17. The number of carbonyl (C=O) groups is 1. The number of amides is 1. The first-order valence-electron chi connectivity index (χ1n) is 14.1. The van der Waals surface area contributed by atoms with Gasteiger partial charge in [-0.1, -0.05) is 12.1 Å². The standard InChI is InChI=1S/C28H35N9O2/c1-19-29-21-7-3-4-8-22(21)37(19)28-31-25-24(26(32-28)35-13-15-39-16-14-35)30-23(33(25)2)18-34-12-9-20(17-34)27(38)36-10-5-6-11-36/h3-4,7-8,20H,5-6,9-18H2,1-2H3/t20-/m1/s1. The topological polar surface area (TPSA) is 97.4 Å². The number of ether oxygens (including phenoxy) is 1. The van der Waals surface area contributed by atoms with Crippen molar-refractivity contribution in [2.75, 3.05) is 57.4 Å². The van der Waals surface area contributed by atoms with E-state index < -0.39 is 0 Å². The summed E-state index contributed by atoms with van der Waals surface area (Å²) in [7, 11) is 2.03. The molecule has 0 N–H and O–H groups in total. The summed E-state index contributed by atoms with van der Waals surface area (Å²) in [5, 5.41) is 0. The van der Waals surface area contributed by atoms with Gasteiger partial charge in [0.25, 0.3) is 0 Å². The Kier molecular flexibility index (Phi) is 6.19. The summed E-state index contributed by atoms with van der Waals surface area (Å²) >= 11 is 0. The van der Waals surface area contributed by atoms with Crippen molar-refractivity contribution in [1.82, 2.24) is 38.9 Å². The zero-order valence-corrected chi connectivity index (χ0v) is 22.7. The van der Waals surface area contributed by atoms with Gasteiger partial charge < -0.3 is 19.1 Å². The Morgan fingerprint density at radius 1 is 1.00 bits per heavy atom. The van der Waals surface area contributed by atoms with Crippen LogP contribution in [0.5, 0.6) is 0 Å². The predicted octanol–water partition coefficient (Wildman–Crippen LogP) is 2.29. The average molecular weight is 530 g/mol. The van der Waals surface area contributed by atoms with Crippen molar-refractivity contribution in [3.63, 3.8) is 0 Å². The molecule has 3 aliphatic heterocycles. The van der Waals surface area contributed by atoms with Crippen LogP contribution in [0.4, 0.5) is 5.82 Å². The van der Waals surface area contributed by atoms with Crippen molar-refractivity contribution in [3.8, 4) is 5.95 Å². The van der Waals surface area contributed by atoms with Crippen LogP contribution in [0.2, 0.25) is 0 Å².